The van der Waals surface area contributed by atoms with Crippen molar-refractivity contribution in [3.63, 3.8) is 0 Å². The maximum atomic E-state index is 10.4. The molecule has 0 saturated carbocycles. The molecule has 7 heteroatoms. The molecular weight excluding hydrogens is 276 g/mol. The van der Waals surface area contributed by atoms with Crippen molar-refractivity contribution >= 4 is 46.5 Å². The lowest BCUT2D eigenvalue weighted by Crippen LogP contribution is -1.84. The molecule has 0 saturated heterocycles. The summed E-state index contributed by atoms with van der Waals surface area (Å²) in [4.78, 5) is 12.5. The molecule has 0 spiro atoms. The van der Waals surface area contributed by atoms with E-state index < -0.39 is 5.97 Å². The molecule has 0 aliphatic rings. The third-order valence-electron chi connectivity index (χ3n) is 1.75. The van der Waals surface area contributed by atoms with Gasteiger partial charge in [0.15, 0.2) is 4.34 Å². The lowest BCUT2D eigenvalue weighted by Gasteiger charge is -1.91. The number of carboxylic acid groups (broad SMARTS) is 1. The molecule has 2 rings (SSSR count). The molecule has 0 amide bonds. The summed E-state index contributed by atoms with van der Waals surface area (Å²) in [6, 6.07) is 3.92. The van der Waals surface area contributed by atoms with E-state index in [9.17, 15) is 4.79 Å². The van der Waals surface area contributed by atoms with Crippen LogP contribution in [-0.2, 0) is 10.5 Å². The van der Waals surface area contributed by atoms with E-state index in [1.54, 1.807) is 34.7 Å². The van der Waals surface area contributed by atoms with Gasteiger partial charge in [0.25, 0.3) is 0 Å². The number of rotatable bonds is 5. The third-order valence-corrected chi connectivity index (χ3v) is 4.89. The van der Waals surface area contributed by atoms with Gasteiger partial charge in [-0.2, -0.15) is 0 Å². The lowest BCUT2D eigenvalue weighted by atomic mass is 10.4. The van der Waals surface area contributed by atoms with E-state index in [2.05, 4.69) is 10.2 Å². The van der Waals surface area contributed by atoms with Gasteiger partial charge >= 0.3 is 5.97 Å². The van der Waals surface area contributed by atoms with E-state index in [1.807, 2.05) is 12.1 Å². The summed E-state index contributed by atoms with van der Waals surface area (Å²) >= 11 is 4.73. The number of carboxylic acids is 1. The number of nitrogens with zero attached hydrogens (tertiary/aromatic N) is 2. The summed E-state index contributed by atoms with van der Waals surface area (Å²) in [6.07, 6.45) is 2.75. The Bertz CT molecular complexity index is 519. The summed E-state index contributed by atoms with van der Waals surface area (Å²) in [5.41, 5.74) is 1.71. The molecule has 0 bridgehead atoms. The average molecular weight is 284 g/mol. The van der Waals surface area contributed by atoms with Crippen molar-refractivity contribution in [3.05, 3.63) is 33.5 Å². The standard InChI is InChI=1S/C10H8N2O2S3/c13-9(14)4-3-7-1-2-8(17-7)5-15-10-12-11-6-16-10/h1-4,6H,5H2,(H,13,14). The van der Waals surface area contributed by atoms with Crippen LogP contribution in [0.4, 0.5) is 0 Å². The van der Waals surface area contributed by atoms with Crippen LogP contribution in [0, 0.1) is 0 Å². The molecule has 0 unspecified atom stereocenters. The number of aromatic nitrogens is 2. The fourth-order valence-corrected chi connectivity index (χ4v) is 3.52. The fourth-order valence-electron chi connectivity index (χ4n) is 1.07. The SMILES string of the molecule is O=C(O)C=Cc1ccc(CSc2nncs2)s1. The van der Waals surface area contributed by atoms with Crippen molar-refractivity contribution in [2.75, 3.05) is 0 Å². The Morgan fingerprint density at radius 1 is 1.53 bits per heavy atom. The fraction of sp³-hybridized carbons (Fsp3) is 0.100. The molecule has 1 N–H and O–H groups in total. The van der Waals surface area contributed by atoms with Gasteiger partial charge in [-0.15, -0.1) is 21.5 Å². The van der Waals surface area contributed by atoms with Gasteiger partial charge in [-0.3, -0.25) is 0 Å². The summed E-state index contributed by atoms with van der Waals surface area (Å²) in [5, 5.41) is 16.2. The second-order valence-corrected chi connectivity index (χ2v) is 6.22. The minimum Gasteiger partial charge on any atom is -0.478 e. The van der Waals surface area contributed by atoms with E-state index in [-0.39, 0.29) is 0 Å². The molecular formula is C10H8N2O2S3. The normalized spacial score (nSPS) is 11.1. The summed E-state index contributed by atoms with van der Waals surface area (Å²) in [6.45, 7) is 0. The molecule has 0 atom stereocenters. The molecule has 17 heavy (non-hydrogen) atoms. The van der Waals surface area contributed by atoms with E-state index in [0.29, 0.717) is 0 Å². The van der Waals surface area contributed by atoms with Crippen molar-refractivity contribution in [2.24, 2.45) is 0 Å². The molecule has 0 fully saturated rings. The first kappa shape index (κ1) is 12.3. The van der Waals surface area contributed by atoms with E-state index in [0.717, 1.165) is 21.0 Å². The van der Waals surface area contributed by atoms with Gasteiger partial charge in [0, 0.05) is 21.6 Å². The zero-order valence-corrected chi connectivity index (χ0v) is 11.0. The first-order chi connectivity index (χ1) is 8.24. The van der Waals surface area contributed by atoms with Gasteiger partial charge in [-0.1, -0.05) is 23.1 Å². The summed E-state index contributed by atoms with van der Waals surface area (Å²) in [7, 11) is 0. The van der Waals surface area contributed by atoms with E-state index in [4.69, 9.17) is 5.11 Å². The predicted molar refractivity (Wildman–Crippen MR) is 70.5 cm³/mol. The highest BCUT2D eigenvalue weighted by molar-refractivity contribution is 8.00. The number of hydrogen-bond donors (Lipinski definition) is 1. The highest BCUT2D eigenvalue weighted by Crippen LogP contribution is 2.27. The van der Waals surface area contributed by atoms with Gasteiger partial charge < -0.3 is 5.11 Å². The van der Waals surface area contributed by atoms with E-state index >= 15 is 0 Å². The number of carbonyl (C=O) groups is 1. The van der Waals surface area contributed by atoms with Crippen LogP contribution >= 0.6 is 34.4 Å². The molecule has 0 radical (unpaired) electrons. The van der Waals surface area contributed by atoms with Crippen molar-refractivity contribution in [1.82, 2.24) is 10.2 Å². The maximum Gasteiger partial charge on any atom is 0.328 e. The smallest absolute Gasteiger partial charge is 0.328 e. The van der Waals surface area contributed by atoms with Crippen molar-refractivity contribution in [2.45, 2.75) is 10.1 Å². The topological polar surface area (TPSA) is 63.1 Å². The van der Waals surface area contributed by atoms with Crippen LogP contribution < -0.4 is 0 Å². The van der Waals surface area contributed by atoms with Crippen LogP contribution in [0.25, 0.3) is 6.08 Å². The Morgan fingerprint density at radius 3 is 3.12 bits per heavy atom. The van der Waals surface area contributed by atoms with Crippen LogP contribution in [0.1, 0.15) is 9.75 Å². The van der Waals surface area contributed by atoms with Gasteiger partial charge in [0.1, 0.15) is 5.51 Å². The molecule has 0 aromatic carbocycles. The van der Waals surface area contributed by atoms with Crippen molar-refractivity contribution < 1.29 is 9.90 Å². The van der Waals surface area contributed by atoms with Gasteiger partial charge in [0.2, 0.25) is 0 Å². The highest BCUT2D eigenvalue weighted by Gasteiger charge is 2.02. The maximum absolute atomic E-state index is 10.4. The molecule has 2 aromatic heterocycles. The Morgan fingerprint density at radius 2 is 2.41 bits per heavy atom. The number of thioether (sulfide) groups is 1. The number of thiophene rings is 1. The van der Waals surface area contributed by atoms with Crippen LogP contribution in [0.15, 0.2) is 28.1 Å². The third kappa shape index (κ3) is 3.95. The Labute approximate surface area is 110 Å². The van der Waals surface area contributed by atoms with Crippen LogP contribution in [0.3, 0.4) is 0 Å². The Kier molecular flexibility index (Phi) is 4.29. The number of hydrogen-bond acceptors (Lipinski definition) is 6. The molecule has 0 aliphatic heterocycles. The summed E-state index contributed by atoms with van der Waals surface area (Å²) < 4.78 is 0.945. The van der Waals surface area contributed by atoms with Crippen molar-refractivity contribution in [1.29, 1.82) is 0 Å². The summed E-state index contributed by atoms with van der Waals surface area (Å²) in [5.74, 6) is -0.0935. The first-order valence-corrected chi connectivity index (χ1v) is 7.31. The Hall–Kier alpha value is -1.18. The molecule has 88 valence electrons. The van der Waals surface area contributed by atoms with Crippen molar-refractivity contribution in [3.8, 4) is 0 Å². The number of aliphatic carboxylic acids is 1. The highest BCUT2D eigenvalue weighted by atomic mass is 32.2. The van der Waals surface area contributed by atoms with E-state index in [1.165, 1.54) is 16.2 Å². The second-order valence-electron chi connectivity index (χ2n) is 2.97. The quantitative estimate of drug-likeness (QED) is 0.675. The average Bonchev–Trinajstić information content (AvgIpc) is 2.95. The zero-order valence-electron chi connectivity index (χ0n) is 8.57. The first-order valence-electron chi connectivity index (χ1n) is 4.63. The lowest BCUT2D eigenvalue weighted by molar-refractivity contribution is -0.131. The zero-order chi connectivity index (χ0) is 12.1. The van der Waals surface area contributed by atoms with Crippen LogP contribution in [-0.4, -0.2) is 21.3 Å². The molecule has 4 nitrogen and oxygen atoms in total. The largest absolute Gasteiger partial charge is 0.478 e. The Balaban J connectivity index is 1.92. The predicted octanol–water partition coefficient (Wildman–Crippen LogP) is 2.99. The van der Waals surface area contributed by atoms with Gasteiger partial charge in [-0.25, -0.2) is 4.79 Å². The monoisotopic (exact) mass is 284 g/mol. The molecule has 2 heterocycles. The minimum absolute atomic E-state index is 0.834. The second kappa shape index (κ2) is 5.95. The molecule has 0 aliphatic carbocycles. The molecule has 2 aromatic rings. The van der Waals surface area contributed by atoms with Crippen LogP contribution in [0.5, 0.6) is 0 Å². The van der Waals surface area contributed by atoms with Gasteiger partial charge in [-0.05, 0) is 18.2 Å². The van der Waals surface area contributed by atoms with Gasteiger partial charge in [0.05, 0.1) is 0 Å². The van der Waals surface area contributed by atoms with Crippen LogP contribution in [0.2, 0.25) is 0 Å². The minimum atomic E-state index is -0.928.